The smallest absolute Gasteiger partial charge is 0.226 e. The number of para-hydroxylation sites is 1. The minimum Gasteiger partial charge on any atom is -0.382 e. The highest BCUT2D eigenvalue weighted by Gasteiger charge is 2.13. The molecule has 128 valence electrons. The van der Waals surface area contributed by atoms with Crippen molar-refractivity contribution in [3.8, 4) is 0 Å². The van der Waals surface area contributed by atoms with Gasteiger partial charge in [0.1, 0.15) is 0 Å². The molecule has 2 N–H and O–H groups in total. The first-order valence-corrected chi connectivity index (χ1v) is 7.57. The van der Waals surface area contributed by atoms with Crippen LogP contribution in [0.3, 0.4) is 0 Å². The minimum absolute atomic E-state index is 0.0155. The van der Waals surface area contributed by atoms with E-state index in [4.69, 9.17) is 0 Å². The third-order valence-corrected chi connectivity index (χ3v) is 3.61. The summed E-state index contributed by atoms with van der Waals surface area (Å²) in [6.45, 7) is 0.0615. The summed E-state index contributed by atoms with van der Waals surface area (Å²) in [7, 11) is 0. The van der Waals surface area contributed by atoms with Crippen molar-refractivity contribution in [1.82, 2.24) is 4.98 Å². The van der Waals surface area contributed by atoms with E-state index in [0.717, 1.165) is 17.5 Å². The van der Waals surface area contributed by atoms with Gasteiger partial charge in [0.05, 0.1) is 16.9 Å². The van der Waals surface area contributed by atoms with E-state index < -0.39 is 17.5 Å². The van der Waals surface area contributed by atoms with E-state index in [1.807, 2.05) is 12.1 Å². The fourth-order valence-electron chi connectivity index (χ4n) is 2.39. The summed E-state index contributed by atoms with van der Waals surface area (Å²) in [5, 5.41) is 6.20. The highest BCUT2D eigenvalue weighted by atomic mass is 19.2. The molecule has 3 rings (SSSR count). The van der Waals surface area contributed by atoms with Crippen LogP contribution < -0.4 is 10.6 Å². The third-order valence-electron chi connectivity index (χ3n) is 3.61. The van der Waals surface area contributed by atoms with Crippen molar-refractivity contribution in [2.24, 2.45) is 0 Å². The second-order valence-corrected chi connectivity index (χ2v) is 5.33. The first-order chi connectivity index (χ1) is 12.1. The Morgan fingerprint density at radius 2 is 1.76 bits per heavy atom. The molecule has 0 unspecified atom stereocenters. The number of rotatable bonds is 5. The number of nitrogens with one attached hydrogen (secondary N) is 2. The van der Waals surface area contributed by atoms with Gasteiger partial charge in [-0.1, -0.05) is 18.2 Å². The maximum absolute atomic E-state index is 13.5. The van der Waals surface area contributed by atoms with Gasteiger partial charge in [0.2, 0.25) is 5.91 Å². The van der Waals surface area contributed by atoms with Gasteiger partial charge in [-0.25, -0.2) is 13.2 Å². The molecule has 1 amide bonds. The number of amides is 1. The van der Waals surface area contributed by atoms with Gasteiger partial charge in [0, 0.05) is 24.5 Å². The first kappa shape index (κ1) is 16.8. The number of halogens is 3. The highest BCUT2D eigenvalue weighted by Crippen LogP contribution is 2.21. The summed E-state index contributed by atoms with van der Waals surface area (Å²) in [6, 6.07) is 11.0. The number of benzene rings is 2. The number of anilines is 2. The minimum atomic E-state index is -1.55. The molecule has 0 atom stereocenters. The second kappa shape index (κ2) is 7.21. The molecule has 3 aromatic rings. The summed E-state index contributed by atoms with van der Waals surface area (Å²) < 4.78 is 39.5. The van der Waals surface area contributed by atoms with Gasteiger partial charge in [0.25, 0.3) is 0 Å². The molecule has 0 aliphatic rings. The molecule has 0 fully saturated rings. The standard InChI is InChI=1S/C18H14F3N3O/c19-12-6-7-13(17(21)16(12)20)22-10-8-15(25)24-14-5-1-3-11-4-2-9-23-18(11)14/h1-7,9,22H,8,10H2,(H,24,25). The molecule has 7 heteroatoms. The van der Waals surface area contributed by atoms with Gasteiger partial charge < -0.3 is 10.6 Å². The lowest BCUT2D eigenvalue weighted by Gasteiger charge is -2.10. The lowest BCUT2D eigenvalue weighted by molar-refractivity contribution is -0.115. The molecule has 25 heavy (non-hydrogen) atoms. The number of fused-ring (bicyclic) bond motifs is 1. The van der Waals surface area contributed by atoms with Crippen LogP contribution in [0.25, 0.3) is 10.9 Å². The molecular formula is C18H14F3N3O. The molecule has 0 saturated carbocycles. The molecular weight excluding hydrogens is 331 g/mol. The normalized spacial score (nSPS) is 10.7. The third kappa shape index (κ3) is 3.71. The van der Waals surface area contributed by atoms with Crippen molar-refractivity contribution >= 4 is 28.2 Å². The van der Waals surface area contributed by atoms with Crippen LogP contribution in [0.5, 0.6) is 0 Å². The average Bonchev–Trinajstić information content (AvgIpc) is 2.62. The topological polar surface area (TPSA) is 54.0 Å². The fraction of sp³-hybridized carbons (Fsp3) is 0.111. The maximum Gasteiger partial charge on any atom is 0.226 e. The van der Waals surface area contributed by atoms with Crippen LogP contribution in [0.1, 0.15) is 6.42 Å². The summed E-state index contributed by atoms with van der Waals surface area (Å²) in [6.07, 6.45) is 1.65. The molecule has 0 bridgehead atoms. The number of aromatic nitrogens is 1. The summed E-state index contributed by atoms with van der Waals surface area (Å²) in [4.78, 5) is 16.3. The Bertz CT molecular complexity index is 925. The fourth-order valence-corrected chi connectivity index (χ4v) is 2.39. The lowest BCUT2D eigenvalue weighted by Crippen LogP contribution is -2.17. The zero-order chi connectivity index (χ0) is 17.8. The molecule has 4 nitrogen and oxygen atoms in total. The predicted octanol–water partition coefficient (Wildman–Crippen LogP) is 4.09. The summed E-state index contributed by atoms with van der Waals surface area (Å²) in [5.41, 5.74) is 1.04. The van der Waals surface area contributed by atoms with Crippen molar-refractivity contribution in [2.75, 3.05) is 17.2 Å². The van der Waals surface area contributed by atoms with Crippen LogP contribution in [0.2, 0.25) is 0 Å². The molecule has 0 aliphatic carbocycles. The number of nitrogens with zero attached hydrogens (tertiary/aromatic N) is 1. The second-order valence-electron chi connectivity index (χ2n) is 5.33. The average molecular weight is 345 g/mol. The Balaban J connectivity index is 1.61. The molecule has 0 radical (unpaired) electrons. The number of hydrogen-bond donors (Lipinski definition) is 2. The SMILES string of the molecule is O=C(CCNc1ccc(F)c(F)c1F)Nc1cccc2cccnc12. The van der Waals surface area contributed by atoms with Crippen molar-refractivity contribution in [3.05, 3.63) is 66.1 Å². The van der Waals surface area contributed by atoms with Gasteiger partial charge in [-0.2, -0.15) is 0 Å². The number of carbonyl (C=O) groups is 1. The largest absolute Gasteiger partial charge is 0.382 e. The van der Waals surface area contributed by atoms with Crippen molar-refractivity contribution in [1.29, 1.82) is 0 Å². The van der Waals surface area contributed by atoms with E-state index in [-0.39, 0.29) is 24.6 Å². The lowest BCUT2D eigenvalue weighted by atomic mass is 10.2. The summed E-state index contributed by atoms with van der Waals surface area (Å²) >= 11 is 0. The van der Waals surface area contributed by atoms with Gasteiger partial charge in [0.15, 0.2) is 17.5 Å². The van der Waals surface area contributed by atoms with E-state index >= 15 is 0 Å². The Morgan fingerprint density at radius 1 is 0.960 bits per heavy atom. The van der Waals surface area contributed by atoms with Crippen molar-refractivity contribution in [3.63, 3.8) is 0 Å². The molecule has 2 aromatic carbocycles. The van der Waals surface area contributed by atoms with Crippen molar-refractivity contribution < 1.29 is 18.0 Å². The Hall–Kier alpha value is -3.09. The van der Waals surface area contributed by atoms with E-state index in [0.29, 0.717) is 11.2 Å². The number of pyridine rings is 1. The summed E-state index contributed by atoms with van der Waals surface area (Å²) in [5.74, 6) is -4.42. The van der Waals surface area contributed by atoms with Gasteiger partial charge in [-0.3, -0.25) is 9.78 Å². The maximum atomic E-state index is 13.5. The Morgan fingerprint density at radius 3 is 2.60 bits per heavy atom. The zero-order valence-corrected chi connectivity index (χ0v) is 13.0. The van der Waals surface area contributed by atoms with Gasteiger partial charge >= 0.3 is 0 Å². The highest BCUT2D eigenvalue weighted by molar-refractivity contribution is 6.00. The molecule has 0 saturated heterocycles. The van der Waals surface area contributed by atoms with Crippen LogP contribution in [0.4, 0.5) is 24.5 Å². The Labute approximate surface area is 141 Å². The van der Waals surface area contributed by atoms with Gasteiger partial charge in [-0.05, 0) is 24.3 Å². The van der Waals surface area contributed by atoms with Crippen LogP contribution in [0.15, 0.2) is 48.7 Å². The monoisotopic (exact) mass is 345 g/mol. The zero-order valence-electron chi connectivity index (χ0n) is 13.0. The van der Waals surface area contributed by atoms with E-state index in [9.17, 15) is 18.0 Å². The van der Waals surface area contributed by atoms with E-state index in [1.165, 1.54) is 0 Å². The predicted molar refractivity (Wildman–Crippen MR) is 89.8 cm³/mol. The molecule has 1 heterocycles. The first-order valence-electron chi connectivity index (χ1n) is 7.57. The molecule has 0 spiro atoms. The number of carbonyl (C=O) groups excluding carboxylic acids is 1. The van der Waals surface area contributed by atoms with Gasteiger partial charge in [-0.15, -0.1) is 0 Å². The van der Waals surface area contributed by atoms with Crippen LogP contribution in [-0.4, -0.2) is 17.4 Å². The van der Waals surface area contributed by atoms with E-state index in [1.54, 1.807) is 24.4 Å². The van der Waals surface area contributed by atoms with Crippen LogP contribution >= 0.6 is 0 Å². The molecule has 0 aliphatic heterocycles. The quantitative estimate of drug-likeness (QED) is 0.685. The molecule has 1 aromatic heterocycles. The van der Waals surface area contributed by atoms with Crippen molar-refractivity contribution in [2.45, 2.75) is 6.42 Å². The number of hydrogen-bond acceptors (Lipinski definition) is 3. The van der Waals surface area contributed by atoms with Crippen LogP contribution in [-0.2, 0) is 4.79 Å². The Kier molecular flexibility index (Phi) is 4.83. The van der Waals surface area contributed by atoms with Crippen LogP contribution in [0, 0.1) is 17.5 Å². The van der Waals surface area contributed by atoms with E-state index in [2.05, 4.69) is 15.6 Å².